The van der Waals surface area contributed by atoms with E-state index in [4.69, 9.17) is 10.5 Å². The summed E-state index contributed by atoms with van der Waals surface area (Å²) in [5.41, 5.74) is 6.19. The van der Waals surface area contributed by atoms with Crippen LogP contribution in [0.4, 0.5) is 10.8 Å². The summed E-state index contributed by atoms with van der Waals surface area (Å²) in [7, 11) is 0. The first-order valence-electron chi connectivity index (χ1n) is 7.25. The third-order valence-electron chi connectivity index (χ3n) is 3.40. The number of hydrogen-bond acceptors (Lipinski definition) is 5. The average molecular weight is 406 g/mol. The highest BCUT2D eigenvalue weighted by Gasteiger charge is 2.30. The SMILES string of the molecule is CC(C)(Oc1ccc(Br)cc1)C(=O)Nc1ccc2nc(N)sc2c1. The van der Waals surface area contributed by atoms with Gasteiger partial charge in [-0.25, -0.2) is 4.98 Å². The molecule has 0 spiro atoms. The summed E-state index contributed by atoms with van der Waals surface area (Å²) in [6.45, 7) is 3.46. The Morgan fingerprint density at radius 3 is 2.67 bits per heavy atom. The van der Waals surface area contributed by atoms with E-state index in [-0.39, 0.29) is 5.91 Å². The van der Waals surface area contributed by atoms with Crippen molar-refractivity contribution in [1.29, 1.82) is 0 Å². The van der Waals surface area contributed by atoms with Crippen LogP contribution in [0.3, 0.4) is 0 Å². The first-order chi connectivity index (χ1) is 11.3. The van der Waals surface area contributed by atoms with Crippen molar-refractivity contribution in [3.05, 3.63) is 46.9 Å². The van der Waals surface area contributed by atoms with Crippen LogP contribution in [0.1, 0.15) is 13.8 Å². The number of anilines is 2. The number of hydrogen-bond donors (Lipinski definition) is 2. The Morgan fingerprint density at radius 2 is 1.96 bits per heavy atom. The van der Waals surface area contributed by atoms with Gasteiger partial charge in [-0.1, -0.05) is 27.3 Å². The van der Waals surface area contributed by atoms with E-state index in [1.807, 2.05) is 36.4 Å². The number of carbonyl (C=O) groups excluding carboxylic acids is 1. The number of amides is 1. The predicted octanol–water partition coefficient (Wildman–Crippen LogP) is 4.44. The number of carbonyl (C=O) groups is 1. The van der Waals surface area contributed by atoms with E-state index in [1.165, 1.54) is 11.3 Å². The second-order valence-corrected chi connectivity index (χ2v) is 7.73. The molecule has 0 saturated carbocycles. The van der Waals surface area contributed by atoms with Crippen molar-refractivity contribution in [2.75, 3.05) is 11.1 Å². The van der Waals surface area contributed by atoms with Gasteiger partial charge in [0.1, 0.15) is 5.75 Å². The topological polar surface area (TPSA) is 77.2 Å². The first-order valence-corrected chi connectivity index (χ1v) is 8.86. The third-order valence-corrected chi connectivity index (χ3v) is 4.77. The third kappa shape index (κ3) is 3.68. The van der Waals surface area contributed by atoms with Crippen LogP contribution in [0.2, 0.25) is 0 Å². The molecule has 124 valence electrons. The van der Waals surface area contributed by atoms with Crippen molar-refractivity contribution in [3.8, 4) is 5.75 Å². The predicted molar refractivity (Wildman–Crippen MR) is 102 cm³/mol. The molecule has 3 aromatic rings. The maximum atomic E-state index is 12.6. The smallest absolute Gasteiger partial charge is 0.267 e. The van der Waals surface area contributed by atoms with Crippen molar-refractivity contribution >= 4 is 54.2 Å². The molecule has 24 heavy (non-hydrogen) atoms. The van der Waals surface area contributed by atoms with Gasteiger partial charge in [0.2, 0.25) is 0 Å². The summed E-state index contributed by atoms with van der Waals surface area (Å²) in [4.78, 5) is 16.8. The molecule has 0 radical (unpaired) electrons. The van der Waals surface area contributed by atoms with Crippen LogP contribution in [0.5, 0.6) is 5.75 Å². The van der Waals surface area contributed by atoms with Gasteiger partial charge in [0.25, 0.3) is 5.91 Å². The molecular weight excluding hydrogens is 390 g/mol. The van der Waals surface area contributed by atoms with Crippen molar-refractivity contribution in [1.82, 2.24) is 4.98 Å². The largest absolute Gasteiger partial charge is 0.478 e. The molecule has 0 atom stereocenters. The van der Waals surface area contributed by atoms with Gasteiger partial charge in [-0.15, -0.1) is 0 Å². The standard InChI is InChI=1S/C17H16BrN3O2S/c1-17(2,23-12-6-3-10(18)4-7-12)15(22)20-11-5-8-13-14(9-11)24-16(19)21-13/h3-9H,1-2H3,(H2,19,21)(H,20,22). The Hall–Kier alpha value is -2.12. The van der Waals surface area contributed by atoms with Crippen molar-refractivity contribution in [3.63, 3.8) is 0 Å². The van der Waals surface area contributed by atoms with Gasteiger partial charge in [0, 0.05) is 10.2 Å². The summed E-state index contributed by atoms with van der Waals surface area (Å²) >= 11 is 4.76. The van der Waals surface area contributed by atoms with Gasteiger partial charge >= 0.3 is 0 Å². The summed E-state index contributed by atoms with van der Waals surface area (Å²) in [5, 5.41) is 3.39. The average Bonchev–Trinajstić information content (AvgIpc) is 2.88. The van der Waals surface area contributed by atoms with E-state index in [0.717, 1.165) is 14.7 Å². The maximum absolute atomic E-state index is 12.6. The normalized spacial score (nSPS) is 11.5. The molecule has 5 nitrogen and oxygen atoms in total. The molecule has 0 bridgehead atoms. The monoisotopic (exact) mass is 405 g/mol. The lowest BCUT2D eigenvalue weighted by Crippen LogP contribution is -2.42. The quantitative estimate of drug-likeness (QED) is 0.672. The Labute approximate surface area is 152 Å². The summed E-state index contributed by atoms with van der Waals surface area (Å²) in [6.07, 6.45) is 0. The van der Waals surface area contributed by atoms with Crippen LogP contribution in [0, 0.1) is 0 Å². The van der Waals surface area contributed by atoms with Crippen LogP contribution in [0.25, 0.3) is 10.2 Å². The molecule has 3 N–H and O–H groups in total. The van der Waals surface area contributed by atoms with Gasteiger partial charge in [-0.3, -0.25) is 4.79 Å². The zero-order valence-corrected chi connectivity index (χ0v) is 15.6. The molecule has 0 aliphatic rings. The number of thiazole rings is 1. The van der Waals surface area contributed by atoms with Crippen molar-refractivity contribution < 1.29 is 9.53 Å². The van der Waals surface area contributed by atoms with Crippen molar-refractivity contribution in [2.45, 2.75) is 19.4 Å². The van der Waals surface area contributed by atoms with Gasteiger partial charge < -0.3 is 15.8 Å². The Bertz CT molecular complexity index is 890. The Morgan fingerprint density at radius 1 is 1.25 bits per heavy atom. The summed E-state index contributed by atoms with van der Waals surface area (Å²) in [5.74, 6) is 0.395. The van der Waals surface area contributed by atoms with Gasteiger partial charge in [-0.2, -0.15) is 0 Å². The fourth-order valence-corrected chi connectivity index (χ4v) is 3.18. The Kier molecular flexibility index (Phi) is 4.47. The van der Waals surface area contributed by atoms with Gasteiger partial charge in [0.05, 0.1) is 10.2 Å². The van der Waals surface area contributed by atoms with E-state index in [0.29, 0.717) is 16.6 Å². The van der Waals surface area contributed by atoms with Crippen LogP contribution >= 0.6 is 27.3 Å². The number of fused-ring (bicyclic) bond motifs is 1. The molecule has 1 heterocycles. The highest BCUT2D eigenvalue weighted by molar-refractivity contribution is 9.10. The number of nitrogen functional groups attached to an aromatic ring is 1. The van der Waals surface area contributed by atoms with E-state index in [2.05, 4.69) is 26.2 Å². The highest BCUT2D eigenvalue weighted by Crippen LogP contribution is 2.27. The number of nitrogens with zero attached hydrogens (tertiary/aromatic N) is 1. The summed E-state index contributed by atoms with van der Waals surface area (Å²) in [6, 6.07) is 12.8. The number of benzene rings is 2. The number of aromatic nitrogens is 1. The second kappa shape index (κ2) is 6.41. The van der Waals surface area contributed by atoms with E-state index >= 15 is 0 Å². The van der Waals surface area contributed by atoms with E-state index in [1.54, 1.807) is 19.9 Å². The van der Waals surface area contributed by atoms with Gasteiger partial charge in [0.15, 0.2) is 10.7 Å². The number of ether oxygens (including phenoxy) is 1. The highest BCUT2D eigenvalue weighted by atomic mass is 79.9. The first kappa shape index (κ1) is 16.7. The van der Waals surface area contributed by atoms with Crippen LogP contribution in [0.15, 0.2) is 46.9 Å². The van der Waals surface area contributed by atoms with Crippen LogP contribution < -0.4 is 15.8 Å². The molecule has 0 unspecified atom stereocenters. The zero-order chi connectivity index (χ0) is 17.3. The molecule has 0 fully saturated rings. The molecule has 7 heteroatoms. The Balaban J connectivity index is 1.74. The van der Waals surface area contributed by atoms with Crippen LogP contribution in [-0.4, -0.2) is 16.5 Å². The van der Waals surface area contributed by atoms with Crippen molar-refractivity contribution in [2.24, 2.45) is 0 Å². The minimum atomic E-state index is -1.02. The molecule has 1 amide bonds. The molecule has 0 aliphatic carbocycles. The lowest BCUT2D eigenvalue weighted by atomic mass is 10.1. The number of nitrogens with one attached hydrogen (secondary N) is 1. The van der Waals surface area contributed by atoms with Crippen LogP contribution in [-0.2, 0) is 4.79 Å². The minimum absolute atomic E-state index is 0.234. The molecule has 0 aliphatic heterocycles. The van der Waals surface area contributed by atoms with Gasteiger partial charge in [-0.05, 0) is 56.3 Å². The van der Waals surface area contributed by atoms with E-state index in [9.17, 15) is 4.79 Å². The summed E-state index contributed by atoms with van der Waals surface area (Å²) < 4.78 is 7.70. The second-order valence-electron chi connectivity index (χ2n) is 5.76. The molecule has 0 saturated heterocycles. The number of nitrogens with two attached hydrogens (primary N) is 1. The number of halogens is 1. The molecule has 3 rings (SSSR count). The lowest BCUT2D eigenvalue weighted by Gasteiger charge is -2.25. The molecular formula is C17H16BrN3O2S. The molecule has 1 aromatic heterocycles. The fourth-order valence-electron chi connectivity index (χ4n) is 2.15. The minimum Gasteiger partial charge on any atom is -0.478 e. The van der Waals surface area contributed by atoms with E-state index < -0.39 is 5.60 Å². The fraction of sp³-hybridized carbons (Fsp3) is 0.176. The lowest BCUT2D eigenvalue weighted by molar-refractivity contribution is -0.128. The molecule has 2 aromatic carbocycles. The zero-order valence-electron chi connectivity index (χ0n) is 13.2. The number of rotatable bonds is 4. The maximum Gasteiger partial charge on any atom is 0.267 e.